The number of furan rings is 1. The molecule has 1 aliphatic carbocycles. The molecule has 2 aromatic heterocycles. The van der Waals surface area contributed by atoms with E-state index in [0.717, 1.165) is 81.0 Å². The van der Waals surface area contributed by atoms with Crippen LogP contribution >= 0.6 is 0 Å². The topological polar surface area (TPSA) is 21.9 Å². The van der Waals surface area contributed by atoms with Gasteiger partial charge >= 0.3 is 0 Å². The van der Waals surface area contributed by atoms with E-state index in [2.05, 4.69) is 159 Å². The predicted octanol–water partition coefficient (Wildman–Crippen LogP) is 12.5. The molecule has 0 atom stereocenters. The molecule has 1 saturated carbocycles. The Morgan fingerprint density at radius 2 is 1.42 bits per heavy atom. The summed E-state index contributed by atoms with van der Waals surface area (Å²) in [6, 6.07) is 41.9. The van der Waals surface area contributed by atoms with Crippen LogP contribution < -0.4 is 4.57 Å². The fraction of sp³-hybridized carbons (Fsp3) is 0.255. The summed E-state index contributed by atoms with van der Waals surface area (Å²) in [5.74, 6) is 0.644. The van der Waals surface area contributed by atoms with Crippen LogP contribution in [0.4, 0.5) is 0 Å². The van der Waals surface area contributed by atoms with Gasteiger partial charge in [-0.3, -0.25) is 0 Å². The van der Waals surface area contributed by atoms with Crippen LogP contribution in [0.2, 0.25) is 0 Å². The summed E-state index contributed by atoms with van der Waals surface area (Å²) >= 11 is 0. The van der Waals surface area contributed by atoms with Crippen LogP contribution in [0.25, 0.3) is 71.9 Å². The summed E-state index contributed by atoms with van der Waals surface area (Å²) in [6.45, 7) is 9.14. The van der Waals surface area contributed by atoms with Crippen molar-refractivity contribution in [1.82, 2.24) is 4.57 Å². The van der Waals surface area contributed by atoms with E-state index < -0.39 is 5.89 Å². The van der Waals surface area contributed by atoms with Crippen molar-refractivity contribution in [2.24, 2.45) is 7.05 Å². The predicted molar refractivity (Wildman–Crippen MR) is 209 cm³/mol. The summed E-state index contributed by atoms with van der Waals surface area (Å²) in [7, 11) is 2.18. The van der Waals surface area contributed by atoms with Gasteiger partial charge in [0.25, 0.3) is 5.82 Å². The summed E-state index contributed by atoms with van der Waals surface area (Å²) in [4.78, 5) is 0. The van der Waals surface area contributed by atoms with Gasteiger partial charge in [-0.15, -0.1) is 0 Å². The van der Waals surface area contributed by atoms with Crippen molar-refractivity contribution in [2.45, 2.75) is 71.1 Å². The minimum absolute atomic E-state index is 0.140. The van der Waals surface area contributed by atoms with Gasteiger partial charge < -0.3 is 4.42 Å². The molecule has 0 spiro atoms. The fourth-order valence-electron chi connectivity index (χ4n) is 8.46. The van der Waals surface area contributed by atoms with E-state index >= 15 is 0 Å². The van der Waals surface area contributed by atoms with Gasteiger partial charge in [0, 0.05) is 23.1 Å². The highest BCUT2D eigenvalue weighted by Gasteiger charge is 2.33. The molecule has 1 fully saturated rings. The standard InChI is InChI=1S/C47H45N2O/c1-30-19-26-38-37-27-24-34-15-9-10-16-36(34)44(37)50-45(38)43(30)46-48(5)41-17-11-12-18-42(41)49(46)40-28-25-35(29-39(40)47(2,3)4)33-22-20-32(21-23-33)31-13-7-6-8-14-31/h9-12,15-29,31H,6-8,13-14H2,1-5H3/q+1/i31D. The Morgan fingerprint density at radius 1 is 0.720 bits per heavy atom. The minimum Gasteiger partial charge on any atom is -0.454 e. The van der Waals surface area contributed by atoms with Gasteiger partial charge in [0.2, 0.25) is 0 Å². The Labute approximate surface area is 296 Å². The molecule has 0 amide bonds. The van der Waals surface area contributed by atoms with Crippen molar-refractivity contribution in [3.8, 4) is 28.2 Å². The fourth-order valence-corrected chi connectivity index (χ4v) is 8.46. The maximum atomic E-state index is 9.16. The van der Waals surface area contributed by atoms with Crippen molar-refractivity contribution in [2.75, 3.05) is 0 Å². The highest BCUT2D eigenvalue weighted by molar-refractivity contribution is 6.17. The Morgan fingerprint density at radius 3 is 2.22 bits per heavy atom. The van der Waals surface area contributed by atoms with Crippen LogP contribution in [0.3, 0.4) is 0 Å². The number of hydrogen-bond donors (Lipinski definition) is 0. The molecule has 0 unspecified atom stereocenters. The summed E-state index contributed by atoms with van der Waals surface area (Å²) in [6.07, 6.45) is 5.46. The molecule has 3 heteroatoms. The van der Waals surface area contributed by atoms with E-state index in [0.29, 0.717) is 0 Å². The summed E-state index contributed by atoms with van der Waals surface area (Å²) in [5.41, 5.74) is 12.3. The van der Waals surface area contributed by atoms with Gasteiger partial charge in [-0.2, -0.15) is 4.57 Å². The average molecular weight is 655 g/mol. The summed E-state index contributed by atoms with van der Waals surface area (Å²) < 4.78 is 20.9. The zero-order valence-electron chi connectivity index (χ0n) is 30.8. The minimum atomic E-state index is -0.452. The maximum absolute atomic E-state index is 9.16. The highest BCUT2D eigenvalue weighted by Crippen LogP contribution is 2.43. The second-order valence-corrected chi connectivity index (χ2v) is 15.3. The lowest BCUT2D eigenvalue weighted by molar-refractivity contribution is -0.633. The first-order valence-corrected chi connectivity index (χ1v) is 18.2. The number of nitrogens with zero attached hydrogens (tertiary/aromatic N) is 2. The highest BCUT2D eigenvalue weighted by atomic mass is 16.3. The largest absolute Gasteiger partial charge is 0.454 e. The lowest BCUT2D eigenvalue weighted by atomic mass is 9.82. The molecule has 9 rings (SSSR count). The molecule has 3 nitrogen and oxygen atoms in total. The van der Waals surface area contributed by atoms with Gasteiger partial charge in [-0.05, 0) is 89.0 Å². The third-order valence-electron chi connectivity index (χ3n) is 11.1. The van der Waals surface area contributed by atoms with E-state index in [-0.39, 0.29) is 5.41 Å². The number of para-hydroxylation sites is 2. The van der Waals surface area contributed by atoms with Crippen LogP contribution in [0, 0.1) is 6.92 Å². The van der Waals surface area contributed by atoms with Gasteiger partial charge in [-0.25, -0.2) is 4.57 Å². The Hall–Kier alpha value is -5.15. The van der Waals surface area contributed by atoms with Gasteiger partial charge in [-0.1, -0.05) is 125 Å². The van der Waals surface area contributed by atoms with E-state index in [1.165, 1.54) is 39.7 Å². The second-order valence-electron chi connectivity index (χ2n) is 15.3. The molecule has 248 valence electrons. The Balaban J connectivity index is 1.27. The molecular weight excluding hydrogens is 609 g/mol. The zero-order valence-corrected chi connectivity index (χ0v) is 29.8. The molecule has 2 heterocycles. The molecule has 0 radical (unpaired) electrons. The first kappa shape index (κ1) is 29.7. The molecule has 0 bridgehead atoms. The Kier molecular flexibility index (Phi) is 6.98. The van der Waals surface area contributed by atoms with Gasteiger partial charge in [0.1, 0.15) is 16.8 Å². The number of rotatable bonds is 4. The number of hydrogen-bond acceptors (Lipinski definition) is 1. The van der Waals surface area contributed by atoms with Crippen LogP contribution in [0.15, 0.2) is 120 Å². The first-order chi connectivity index (χ1) is 24.6. The smallest absolute Gasteiger partial charge is 0.298 e. The molecule has 0 saturated heterocycles. The summed E-state index contributed by atoms with van der Waals surface area (Å²) in [5, 5.41) is 4.58. The average Bonchev–Trinajstić information content (AvgIpc) is 3.66. The molecule has 0 aliphatic heterocycles. The Bertz CT molecular complexity index is 2630. The molecule has 1 aliphatic rings. The number of imidazole rings is 1. The van der Waals surface area contributed by atoms with E-state index in [9.17, 15) is 0 Å². The molecular formula is C47H45N2O+. The number of benzene rings is 6. The molecule has 50 heavy (non-hydrogen) atoms. The normalized spacial score (nSPS) is 15.3. The number of fused-ring (bicyclic) bond motifs is 6. The second kappa shape index (κ2) is 11.7. The first-order valence-electron chi connectivity index (χ1n) is 18.7. The van der Waals surface area contributed by atoms with Crippen LogP contribution in [0.5, 0.6) is 0 Å². The van der Waals surface area contributed by atoms with Crippen LogP contribution in [0.1, 0.15) is 76.8 Å². The van der Waals surface area contributed by atoms with E-state index in [4.69, 9.17) is 5.79 Å². The van der Waals surface area contributed by atoms with Gasteiger partial charge in [0.05, 0.1) is 7.05 Å². The SMILES string of the molecule is [2H]C1(c2ccc(-c3ccc(-n4c(-c5c(C)ccc6c5oc5c7ccccc7ccc65)[n+](C)c5ccccc54)c(C(C)(C)C)c3)cc2)CCCCC1. The quantitative estimate of drug-likeness (QED) is 0.173. The van der Waals surface area contributed by atoms with E-state index in [1.54, 1.807) is 0 Å². The maximum Gasteiger partial charge on any atom is 0.298 e. The number of aromatic nitrogens is 2. The van der Waals surface area contributed by atoms with Crippen LogP contribution in [-0.4, -0.2) is 4.57 Å². The van der Waals surface area contributed by atoms with Crippen molar-refractivity contribution in [1.29, 1.82) is 0 Å². The van der Waals surface area contributed by atoms with E-state index in [1.807, 2.05) is 0 Å². The molecule has 8 aromatic rings. The monoisotopic (exact) mass is 654 g/mol. The third kappa shape index (κ3) is 4.89. The molecule has 0 N–H and O–H groups in total. The third-order valence-corrected chi connectivity index (χ3v) is 11.1. The van der Waals surface area contributed by atoms with Gasteiger partial charge in [0.15, 0.2) is 16.6 Å². The number of aryl methyl sites for hydroxylation is 2. The van der Waals surface area contributed by atoms with Crippen LogP contribution in [-0.2, 0) is 12.5 Å². The molecule has 6 aromatic carbocycles. The van der Waals surface area contributed by atoms with Crippen molar-refractivity contribution in [3.05, 3.63) is 132 Å². The van der Waals surface area contributed by atoms with Crippen molar-refractivity contribution >= 4 is 43.7 Å². The van der Waals surface area contributed by atoms with Crippen molar-refractivity contribution in [3.63, 3.8) is 0 Å². The lowest BCUT2D eigenvalue weighted by Gasteiger charge is -2.24. The zero-order chi connectivity index (χ0) is 35.1. The van der Waals surface area contributed by atoms with Crippen molar-refractivity contribution < 1.29 is 10.4 Å². The lowest BCUT2D eigenvalue weighted by Crippen LogP contribution is -2.30.